The minimum atomic E-state index is -1.04. The monoisotopic (exact) mass is 326 g/mol. The zero-order chi connectivity index (χ0) is 14.9. The van der Waals surface area contributed by atoms with Crippen LogP contribution in [0.3, 0.4) is 0 Å². The summed E-state index contributed by atoms with van der Waals surface area (Å²) in [6.07, 6.45) is 2.15. The lowest BCUT2D eigenvalue weighted by Gasteiger charge is -2.56. The molecule has 2 bridgehead atoms. The standard InChI is InChI=1S/C16H22N2O3.ClH/c19-13-10-15(17-11-12-4-2-1-3-5-12)6-8-16(13,9-7-15)18-14(20)21;/h1-5,13,17-19H,6-11H2,(H,20,21);1H. The lowest BCUT2D eigenvalue weighted by atomic mass is 9.60. The van der Waals surface area contributed by atoms with Crippen LogP contribution in [-0.4, -0.2) is 33.5 Å². The second kappa shape index (κ2) is 6.44. The Kier molecular flexibility index (Phi) is 5.00. The first-order chi connectivity index (χ1) is 10.0. The van der Waals surface area contributed by atoms with Gasteiger partial charge in [-0.3, -0.25) is 0 Å². The summed E-state index contributed by atoms with van der Waals surface area (Å²) in [6, 6.07) is 10.2. The van der Waals surface area contributed by atoms with E-state index in [1.807, 2.05) is 18.2 Å². The summed E-state index contributed by atoms with van der Waals surface area (Å²) in [5, 5.41) is 25.5. The first kappa shape index (κ1) is 17.1. The highest BCUT2D eigenvalue weighted by atomic mass is 35.5. The Morgan fingerprint density at radius 1 is 1.18 bits per heavy atom. The third-order valence-electron chi connectivity index (χ3n) is 5.19. The van der Waals surface area contributed by atoms with Crippen molar-refractivity contribution in [3.8, 4) is 0 Å². The highest BCUT2D eigenvalue weighted by molar-refractivity contribution is 5.85. The molecular weight excluding hydrogens is 304 g/mol. The fraction of sp³-hybridized carbons (Fsp3) is 0.562. The molecule has 22 heavy (non-hydrogen) atoms. The summed E-state index contributed by atoms with van der Waals surface area (Å²) in [5.41, 5.74) is 0.534. The molecule has 1 amide bonds. The van der Waals surface area contributed by atoms with Gasteiger partial charge in [0.2, 0.25) is 0 Å². The molecular formula is C16H23ClN2O3. The molecule has 3 fully saturated rings. The molecule has 6 heteroatoms. The summed E-state index contributed by atoms with van der Waals surface area (Å²) in [7, 11) is 0. The van der Waals surface area contributed by atoms with Crippen LogP contribution in [-0.2, 0) is 6.54 Å². The van der Waals surface area contributed by atoms with Crippen molar-refractivity contribution in [2.75, 3.05) is 0 Å². The van der Waals surface area contributed by atoms with Crippen LogP contribution in [0.15, 0.2) is 30.3 Å². The Morgan fingerprint density at radius 3 is 2.36 bits per heavy atom. The third-order valence-corrected chi connectivity index (χ3v) is 5.19. The van der Waals surface area contributed by atoms with Gasteiger partial charge in [0.05, 0.1) is 11.6 Å². The van der Waals surface area contributed by atoms with Crippen LogP contribution in [0.2, 0.25) is 0 Å². The van der Waals surface area contributed by atoms with Crippen LogP contribution in [0.5, 0.6) is 0 Å². The summed E-state index contributed by atoms with van der Waals surface area (Å²) in [6.45, 7) is 0.785. The number of carboxylic acid groups (broad SMARTS) is 1. The molecule has 5 nitrogen and oxygen atoms in total. The lowest BCUT2D eigenvalue weighted by molar-refractivity contribution is -0.0594. The van der Waals surface area contributed by atoms with Crippen molar-refractivity contribution < 1.29 is 15.0 Å². The van der Waals surface area contributed by atoms with Gasteiger partial charge in [-0.1, -0.05) is 30.3 Å². The number of hydrogen-bond acceptors (Lipinski definition) is 3. The van der Waals surface area contributed by atoms with Crippen LogP contribution in [0, 0.1) is 0 Å². The van der Waals surface area contributed by atoms with Crippen LogP contribution >= 0.6 is 12.4 Å². The number of fused-ring (bicyclic) bond motifs is 3. The largest absolute Gasteiger partial charge is 0.465 e. The van der Waals surface area contributed by atoms with Gasteiger partial charge < -0.3 is 20.8 Å². The SMILES string of the molecule is Cl.O=C(O)NC12CCC(NCc3ccccc3)(CC1)CC2O. The quantitative estimate of drug-likeness (QED) is 0.684. The maximum Gasteiger partial charge on any atom is 0.405 e. The van der Waals surface area contributed by atoms with Crippen LogP contribution in [0.1, 0.15) is 37.7 Å². The molecule has 0 aromatic heterocycles. The second-order valence-electron chi connectivity index (χ2n) is 6.43. The average molecular weight is 327 g/mol. The first-order valence-corrected chi connectivity index (χ1v) is 7.52. The molecule has 1 unspecified atom stereocenters. The maximum atomic E-state index is 10.9. The predicted octanol–water partition coefficient (Wildman–Crippen LogP) is 2.28. The van der Waals surface area contributed by atoms with Gasteiger partial charge in [-0.2, -0.15) is 0 Å². The number of carbonyl (C=O) groups is 1. The average Bonchev–Trinajstić information content (AvgIpc) is 2.48. The van der Waals surface area contributed by atoms with Crippen LogP contribution < -0.4 is 10.6 Å². The van der Waals surface area contributed by atoms with E-state index in [1.54, 1.807) is 0 Å². The van der Waals surface area contributed by atoms with Crippen molar-refractivity contribution in [2.24, 2.45) is 0 Å². The molecule has 0 radical (unpaired) electrons. The van der Waals surface area contributed by atoms with Crippen molar-refractivity contribution in [3.05, 3.63) is 35.9 Å². The number of nitrogens with one attached hydrogen (secondary N) is 2. The van der Waals surface area contributed by atoms with Crippen LogP contribution in [0.4, 0.5) is 4.79 Å². The minimum Gasteiger partial charge on any atom is -0.465 e. The van der Waals surface area contributed by atoms with E-state index in [1.165, 1.54) is 5.56 Å². The molecule has 4 N–H and O–H groups in total. The minimum absolute atomic E-state index is 0. The molecule has 122 valence electrons. The molecule has 3 aliphatic carbocycles. The molecule has 3 aliphatic rings. The molecule has 4 rings (SSSR count). The Hall–Kier alpha value is -1.30. The lowest BCUT2D eigenvalue weighted by Crippen LogP contribution is -2.69. The smallest absolute Gasteiger partial charge is 0.405 e. The number of benzene rings is 1. The fourth-order valence-electron chi connectivity index (χ4n) is 3.83. The second-order valence-corrected chi connectivity index (χ2v) is 6.43. The molecule has 1 atom stereocenters. The third kappa shape index (κ3) is 3.21. The summed E-state index contributed by atoms with van der Waals surface area (Å²) in [4.78, 5) is 10.9. The molecule has 3 saturated carbocycles. The Labute approximate surface area is 136 Å². The van der Waals surface area contributed by atoms with Gasteiger partial charge in [-0.25, -0.2) is 4.79 Å². The van der Waals surface area contributed by atoms with Gasteiger partial charge in [0.15, 0.2) is 0 Å². The van der Waals surface area contributed by atoms with Gasteiger partial charge >= 0.3 is 6.09 Å². The van der Waals surface area contributed by atoms with E-state index >= 15 is 0 Å². The van der Waals surface area contributed by atoms with E-state index in [9.17, 15) is 9.90 Å². The summed E-state index contributed by atoms with van der Waals surface area (Å²) < 4.78 is 0. The van der Waals surface area contributed by atoms with Gasteiger partial charge in [-0.15, -0.1) is 12.4 Å². The van der Waals surface area contributed by atoms with Crippen molar-refractivity contribution >= 4 is 18.5 Å². The molecule has 1 aromatic carbocycles. The zero-order valence-corrected chi connectivity index (χ0v) is 13.2. The highest BCUT2D eigenvalue weighted by Crippen LogP contribution is 2.47. The number of rotatable bonds is 4. The molecule has 0 spiro atoms. The summed E-state index contributed by atoms with van der Waals surface area (Å²) in [5.74, 6) is 0. The van der Waals surface area contributed by atoms with E-state index < -0.39 is 17.7 Å². The van der Waals surface area contributed by atoms with E-state index in [0.29, 0.717) is 19.3 Å². The Balaban J connectivity index is 0.00000176. The van der Waals surface area contributed by atoms with E-state index in [0.717, 1.165) is 19.4 Å². The number of aliphatic hydroxyl groups is 1. The zero-order valence-electron chi connectivity index (χ0n) is 12.4. The highest BCUT2D eigenvalue weighted by Gasteiger charge is 2.54. The number of hydrogen-bond donors (Lipinski definition) is 4. The molecule has 0 heterocycles. The predicted molar refractivity (Wildman–Crippen MR) is 86.2 cm³/mol. The van der Waals surface area contributed by atoms with Crippen molar-refractivity contribution in [3.63, 3.8) is 0 Å². The first-order valence-electron chi connectivity index (χ1n) is 7.52. The number of halogens is 1. The molecule has 1 aromatic rings. The van der Waals surface area contributed by atoms with E-state index in [4.69, 9.17) is 5.11 Å². The van der Waals surface area contributed by atoms with Gasteiger partial charge in [0.25, 0.3) is 0 Å². The topological polar surface area (TPSA) is 81.6 Å². The van der Waals surface area contributed by atoms with E-state index in [-0.39, 0.29) is 17.9 Å². The van der Waals surface area contributed by atoms with E-state index in [2.05, 4.69) is 22.8 Å². The number of aliphatic hydroxyl groups excluding tert-OH is 1. The fourth-order valence-corrected chi connectivity index (χ4v) is 3.83. The maximum absolute atomic E-state index is 10.9. The van der Waals surface area contributed by atoms with Gasteiger partial charge in [-0.05, 0) is 37.7 Å². The van der Waals surface area contributed by atoms with Crippen molar-refractivity contribution in [2.45, 2.75) is 55.8 Å². The molecule has 0 aliphatic heterocycles. The summed E-state index contributed by atoms with van der Waals surface area (Å²) >= 11 is 0. The van der Waals surface area contributed by atoms with Gasteiger partial charge in [0.1, 0.15) is 0 Å². The van der Waals surface area contributed by atoms with Crippen LogP contribution in [0.25, 0.3) is 0 Å². The number of amides is 1. The normalized spacial score (nSPS) is 33.0. The molecule has 0 saturated heterocycles. The van der Waals surface area contributed by atoms with Gasteiger partial charge in [0, 0.05) is 12.1 Å². The van der Waals surface area contributed by atoms with Crippen molar-refractivity contribution in [1.82, 2.24) is 10.6 Å². The Morgan fingerprint density at radius 2 is 1.82 bits per heavy atom. The van der Waals surface area contributed by atoms with Crippen molar-refractivity contribution in [1.29, 1.82) is 0 Å². The Bertz CT molecular complexity index is 515.